The first-order chi connectivity index (χ1) is 12.5. The standard InChI is InChI=1S/C18H20N4O3S/c1-26(24,25)15-5-6-17-16(9-15)18(22-12-21-17)20-10-13(11-23)8-14-4-2-3-7-19-14/h2-7,9,12-13,23H,8,10-11H2,1H3,(H,20,21,22). The molecule has 0 saturated carbocycles. The van der Waals surface area contributed by atoms with E-state index >= 15 is 0 Å². The van der Waals surface area contributed by atoms with Crippen LogP contribution in [0.3, 0.4) is 0 Å². The molecule has 3 aromatic rings. The molecule has 136 valence electrons. The predicted octanol–water partition coefficient (Wildman–Crippen LogP) is 1.69. The number of fused-ring (bicyclic) bond motifs is 1. The fraction of sp³-hybridized carbons (Fsp3) is 0.278. The zero-order valence-electron chi connectivity index (χ0n) is 14.3. The minimum absolute atomic E-state index is 0.00117. The summed E-state index contributed by atoms with van der Waals surface area (Å²) in [5, 5.41) is 13.5. The SMILES string of the molecule is CS(=O)(=O)c1ccc2ncnc(NCC(CO)Cc3ccccn3)c2c1. The quantitative estimate of drug-likeness (QED) is 0.650. The summed E-state index contributed by atoms with van der Waals surface area (Å²) >= 11 is 0. The minimum Gasteiger partial charge on any atom is -0.396 e. The highest BCUT2D eigenvalue weighted by Crippen LogP contribution is 2.23. The van der Waals surface area contributed by atoms with Gasteiger partial charge in [0, 0.05) is 42.6 Å². The number of rotatable bonds is 7. The van der Waals surface area contributed by atoms with Gasteiger partial charge in [0.1, 0.15) is 12.1 Å². The van der Waals surface area contributed by atoms with Crippen LogP contribution in [-0.4, -0.2) is 47.9 Å². The van der Waals surface area contributed by atoms with Crippen LogP contribution in [0.1, 0.15) is 5.69 Å². The van der Waals surface area contributed by atoms with Crippen molar-refractivity contribution >= 4 is 26.6 Å². The highest BCUT2D eigenvalue weighted by atomic mass is 32.2. The van der Waals surface area contributed by atoms with E-state index in [-0.39, 0.29) is 17.4 Å². The molecule has 0 aliphatic carbocycles. The van der Waals surface area contributed by atoms with E-state index in [9.17, 15) is 13.5 Å². The number of hydrogen-bond acceptors (Lipinski definition) is 7. The molecule has 2 aromatic heterocycles. The van der Waals surface area contributed by atoms with E-state index < -0.39 is 9.84 Å². The van der Waals surface area contributed by atoms with E-state index in [1.807, 2.05) is 18.2 Å². The van der Waals surface area contributed by atoms with Gasteiger partial charge in [0.2, 0.25) is 0 Å². The smallest absolute Gasteiger partial charge is 0.175 e. The van der Waals surface area contributed by atoms with E-state index in [0.717, 1.165) is 5.69 Å². The summed E-state index contributed by atoms with van der Waals surface area (Å²) in [5.74, 6) is 0.493. The molecule has 3 rings (SSSR count). The number of nitrogens with zero attached hydrogens (tertiary/aromatic N) is 3. The Labute approximate surface area is 152 Å². The average Bonchev–Trinajstić information content (AvgIpc) is 2.64. The molecule has 1 unspecified atom stereocenters. The van der Waals surface area contributed by atoms with Crippen LogP contribution in [0, 0.1) is 5.92 Å². The van der Waals surface area contributed by atoms with Crippen LogP contribution in [-0.2, 0) is 16.3 Å². The van der Waals surface area contributed by atoms with Crippen LogP contribution in [0.4, 0.5) is 5.82 Å². The van der Waals surface area contributed by atoms with Gasteiger partial charge in [0.05, 0.1) is 10.4 Å². The number of aliphatic hydroxyl groups is 1. The van der Waals surface area contributed by atoms with E-state index in [2.05, 4.69) is 20.3 Å². The maximum Gasteiger partial charge on any atom is 0.175 e. The van der Waals surface area contributed by atoms with Gasteiger partial charge in [-0.15, -0.1) is 0 Å². The van der Waals surface area contributed by atoms with Crippen molar-refractivity contribution in [2.24, 2.45) is 5.92 Å². The molecule has 8 heteroatoms. The maximum atomic E-state index is 11.8. The lowest BCUT2D eigenvalue weighted by Crippen LogP contribution is -2.21. The first kappa shape index (κ1) is 18.2. The van der Waals surface area contributed by atoms with Gasteiger partial charge in [-0.05, 0) is 36.8 Å². The molecule has 7 nitrogen and oxygen atoms in total. The molecule has 0 aliphatic heterocycles. The van der Waals surface area contributed by atoms with Gasteiger partial charge in [-0.3, -0.25) is 4.98 Å². The third-order valence-corrected chi connectivity index (χ3v) is 5.19. The summed E-state index contributed by atoms with van der Waals surface area (Å²) in [6.07, 6.45) is 4.95. The lowest BCUT2D eigenvalue weighted by Gasteiger charge is -2.16. The van der Waals surface area contributed by atoms with Crippen LogP contribution in [0.5, 0.6) is 0 Å². The Morgan fingerprint density at radius 3 is 2.69 bits per heavy atom. The van der Waals surface area contributed by atoms with Crippen molar-refractivity contribution in [2.75, 3.05) is 24.7 Å². The summed E-state index contributed by atoms with van der Waals surface area (Å²) in [4.78, 5) is 12.9. The van der Waals surface area contributed by atoms with Gasteiger partial charge in [-0.25, -0.2) is 18.4 Å². The van der Waals surface area contributed by atoms with Crippen LogP contribution in [0.15, 0.2) is 53.8 Å². The van der Waals surface area contributed by atoms with Gasteiger partial charge in [0.15, 0.2) is 9.84 Å². The Balaban J connectivity index is 1.81. The van der Waals surface area contributed by atoms with E-state index in [1.165, 1.54) is 18.6 Å². The van der Waals surface area contributed by atoms with Gasteiger partial charge >= 0.3 is 0 Å². The van der Waals surface area contributed by atoms with Gasteiger partial charge in [-0.1, -0.05) is 6.07 Å². The van der Waals surface area contributed by atoms with Crippen molar-refractivity contribution in [1.82, 2.24) is 15.0 Å². The van der Waals surface area contributed by atoms with Crippen molar-refractivity contribution < 1.29 is 13.5 Å². The van der Waals surface area contributed by atoms with Gasteiger partial charge in [0.25, 0.3) is 0 Å². The lowest BCUT2D eigenvalue weighted by molar-refractivity contribution is 0.232. The minimum atomic E-state index is -3.32. The Morgan fingerprint density at radius 2 is 2.00 bits per heavy atom. The zero-order chi connectivity index (χ0) is 18.6. The molecule has 0 fully saturated rings. The topological polar surface area (TPSA) is 105 Å². The number of hydrogen-bond donors (Lipinski definition) is 2. The fourth-order valence-corrected chi connectivity index (χ4v) is 3.31. The molecule has 26 heavy (non-hydrogen) atoms. The molecule has 1 aromatic carbocycles. The fourth-order valence-electron chi connectivity index (χ4n) is 2.66. The number of anilines is 1. The molecule has 0 spiro atoms. The monoisotopic (exact) mass is 372 g/mol. The molecular weight excluding hydrogens is 352 g/mol. The van der Waals surface area contributed by atoms with E-state index in [1.54, 1.807) is 18.3 Å². The Kier molecular flexibility index (Phi) is 5.43. The molecule has 2 N–H and O–H groups in total. The first-order valence-electron chi connectivity index (χ1n) is 8.17. The largest absolute Gasteiger partial charge is 0.396 e. The molecule has 0 saturated heterocycles. The van der Waals surface area contributed by atoms with Crippen molar-refractivity contribution in [3.63, 3.8) is 0 Å². The van der Waals surface area contributed by atoms with Crippen LogP contribution in [0.2, 0.25) is 0 Å². The van der Waals surface area contributed by atoms with Crippen LogP contribution >= 0.6 is 0 Å². The molecule has 0 amide bonds. The molecule has 1 atom stereocenters. The first-order valence-corrected chi connectivity index (χ1v) is 10.1. The van der Waals surface area contributed by atoms with Crippen molar-refractivity contribution in [2.45, 2.75) is 11.3 Å². The van der Waals surface area contributed by atoms with Crippen molar-refractivity contribution in [1.29, 1.82) is 0 Å². The number of pyridine rings is 1. The molecule has 0 radical (unpaired) electrons. The molecule has 0 aliphatic rings. The van der Waals surface area contributed by atoms with Crippen LogP contribution < -0.4 is 5.32 Å². The Morgan fingerprint density at radius 1 is 1.15 bits per heavy atom. The number of aliphatic hydroxyl groups excluding tert-OH is 1. The summed E-state index contributed by atoms with van der Waals surface area (Å²) in [6.45, 7) is 0.476. The van der Waals surface area contributed by atoms with Crippen molar-refractivity contribution in [3.05, 3.63) is 54.6 Å². The summed E-state index contributed by atoms with van der Waals surface area (Å²) in [7, 11) is -3.32. The predicted molar refractivity (Wildman–Crippen MR) is 99.7 cm³/mol. The third kappa shape index (κ3) is 4.33. The third-order valence-electron chi connectivity index (χ3n) is 4.08. The Bertz CT molecular complexity index is 994. The van der Waals surface area contributed by atoms with Crippen molar-refractivity contribution in [3.8, 4) is 0 Å². The van der Waals surface area contributed by atoms with Gasteiger partial charge < -0.3 is 10.4 Å². The Hall–Kier alpha value is -2.58. The zero-order valence-corrected chi connectivity index (χ0v) is 15.1. The number of nitrogens with one attached hydrogen (secondary N) is 1. The van der Waals surface area contributed by atoms with Gasteiger partial charge in [-0.2, -0.15) is 0 Å². The van der Waals surface area contributed by atoms with E-state index in [4.69, 9.17) is 0 Å². The second kappa shape index (κ2) is 7.76. The molecule has 2 heterocycles. The highest BCUT2D eigenvalue weighted by molar-refractivity contribution is 7.90. The van der Waals surface area contributed by atoms with Crippen LogP contribution in [0.25, 0.3) is 10.9 Å². The normalized spacial score (nSPS) is 12.8. The average molecular weight is 372 g/mol. The highest BCUT2D eigenvalue weighted by Gasteiger charge is 2.13. The number of sulfone groups is 1. The summed E-state index contributed by atoms with van der Waals surface area (Å²) in [6, 6.07) is 10.4. The van der Waals surface area contributed by atoms with E-state index in [0.29, 0.717) is 29.7 Å². The molecule has 0 bridgehead atoms. The number of aromatic nitrogens is 3. The maximum absolute atomic E-state index is 11.8. The second-order valence-electron chi connectivity index (χ2n) is 6.13. The number of benzene rings is 1. The summed E-state index contributed by atoms with van der Waals surface area (Å²) in [5.41, 5.74) is 1.56. The second-order valence-corrected chi connectivity index (χ2v) is 8.14. The lowest BCUT2D eigenvalue weighted by atomic mass is 10.0. The summed E-state index contributed by atoms with van der Waals surface area (Å²) < 4.78 is 23.6. The molecular formula is C18H20N4O3S.